The highest BCUT2D eigenvalue weighted by molar-refractivity contribution is 7.80. The Hall–Kier alpha value is -1.64. The molecule has 0 spiro atoms. The van der Waals surface area contributed by atoms with Gasteiger partial charge in [-0.3, -0.25) is 0 Å². The van der Waals surface area contributed by atoms with Gasteiger partial charge in [-0.1, -0.05) is 27.7 Å². The number of hydrogen-bond acceptors (Lipinski definition) is 4. The van der Waals surface area contributed by atoms with Crippen LogP contribution in [0.15, 0.2) is 6.07 Å². The molecule has 146 valence electrons. The summed E-state index contributed by atoms with van der Waals surface area (Å²) in [7, 11) is 0. The number of alkyl halides is 3. The van der Waals surface area contributed by atoms with Gasteiger partial charge < -0.3 is 15.5 Å². The topological polar surface area (TPSA) is 53.1 Å². The minimum absolute atomic E-state index is 0.137. The fraction of sp³-hybridized carbons (Fsp3) is 0.706. The van der Waals surface area contributed by atoms with Gasteiger partial charge in [0.25, 0.3) is 0 Å². The third-order valence-corrected chi connectivity index (χ3v) is 4.34. The Morgan fingerprint density at radius 1 is 1.27 bits per heavy atom. The lowest BCUT2D eigenvalue weighted by atomic mass is 9.92. The molecule has 1 aromatic heterocycles. The van der Waals surface area contributed by atoms with Crippen molar-refractivity contribution in [2.75, 3.05) is 29.9 Å². The molecule has 1 saturated heterocycles. The Labute approximate surface area is 157 Å². The number of nitrogens with zero attached hydrogens (tertiary/aromatic N) is 3. The lowest BCUT2D eigenvalue weighted by Crippen LogP contribution is -2.39. The molecule has 26 heavy (non-hydrogen) atoms. The number of hydrogen-bond donors (Lipinski definition) is 2. The van der Waals surface area contributed by atoms with Gasteiger partial charge >= 0.3 is 6.18 Å². The molecule has 9 heteroatoms. The average Bonchev–Trinajstić information content (AvgIpc) is 2.51. The van der Waals surface area contributed by atoms with E-state index in [1.165, 1.54) is 0 Å². The number of aromatic nitrogens is 2. The molecule has 0 saturated carbocycles. The van der Waals surface area contributed by atoms with Crippen LogP contribution in [-0.2, 0) is 6.18 Å². The van der Waals surface area contributed by atoms with E-state index in [9.17, 15) is 13.2 Å². The number of nitrogens with one attached hydrogen (secondary N) is 2. The quantitative estimate of drug-likeness (QED) is 0.762. The van der Waals surface area contributed by atoms with Gasteiger partial charge in [-0.25, -0.2) is 4.98 Å². The zero-order chi connectivity index (χ0) is 19.5. The Kier molecular flexibility index (Phi) is 6.65. The van der Waals surface area contributed by atoms with Crippen molar-refractivity contribution < 1.29 is 13.2 Å². The molecule has 1 fully saturated rings. The molecular weight excluding hydrogens is 363 g/mol. The molecule has 0 amide bonds. The number of anilines is 2. The van der Waals surface area contributed by atoms with E-state index in [0.717, 1.165) is 12.5 Å². The molecule has 1 aliphatic heterocycles. The Bertz CT molecular complexity index is 625. The molecule has 5 nitrogen and oxygen atoms in total. The predicted octanol–water partition coefficient (Wildman–Crippen LogP) is 3.92. The monoisotopic (exact) mass is 389 g/mol. The summed E-state index contributed by atoms with van der Waals surface area (Å²) in [6.45, 7) is 10.2. The average molecular weight is 389 g/mol. The summed E-state index contributed by atoms with van der Waals surface area (Å²) in [5, 5.41) is 5.84. The maximum absolute atomic E-state index is 13.3. The standard InChI is InChI=1S/C17H26F3N5S/c1-10(2)7-21-16(26)24-15-22-13(17(18,19)20)6-14(23-15)25-8-11(3)5-12(4)9-25/h6,10-12H,5,7-9H2,1-4H3,(H2,21,22,23,24,26)/t11-,12-/m1/s1. The van der Waals surface area contributed by atoms with Gasteiger partial charge in [0.1, 0.15) is 5.82 Å². The molecule has 2 rings (SSSR count). The Morgan fingerprint density at radius 2 is 1.88 bits per heavy atom. The SMILES string of the molecule is CC(C)CNC(=S)Nc1nc(N2C[C@H](C)C[C@@H](C)C2)cc(C(F)(F)F)n1. The van der Waals surface area contributed by atoms with Gasteiger partial charge in [-0.05, 0) is 36.4 Å². The second kappa shape index (κ2) is 8.37. The second-order valence-corrected chi connectivity index (χ2v) is 7.92. The second-order valence-electron chi connectivity index (χ2n) is 7.51. The summed E-state index contributed by atoms with van der Waals surface area (Å²) < 4.78 is 39.8. The fourth-order valence-electron chi connectivity index (χ4n) is 3.09. The highest BCUT2D eigenvalue weighted by atomic mass is 32.1. The minimum atomic E-state index is -4.55. The van der Waals surface area contributed by atoms with Crippen LogP contribution in [0.1, 0.15) is 39.8 Å². The van der Waals surface area contributed by atoms with Crippen molar-refractivity contribution in [2.45, 2.75) is 40.3 Å². The first-order chi connectivity index (χ1) is 12.0. The van der Waals surface area contributed by atoms with Crippen LogP contribution in [0.5, 0.6) is 0 Å². The summed E-state index contributed by atoms with van der Waals surface area (Å²) >= 11 is 5.13. The minimum Gasteiger partial charge on any atom is -0.362 e. The molecule has 0 aliphatic carbocycles. The van der Waals surface area contributed by atoms with Gasteiger partial charge in [0.05, 0.1) is 0 Å². The van der Waals surface area contributed by atoms with Gasteiger partial charge in [0.15, 0.2) is 10.8 Å². The van der Waals surface area contributed by atoms with Gasteiger partial charge in [-0.2, -0.15) is 18.2 Å². The van der Waals surface area contributed by atoms with Crippen LogP contribution in [-0.4, -0.2) is 34.7 Å². The van der Waals surface area contributed by atoms with Gasteiger partial charge in [0.2, 0.25) is 5.95 Å². The third-order valence-electron chi connectivity index (χ3n) is 4.09. The number of thiocarbonyl (C=S) groups is 1. The van der Waals surface area contributed by atoms with E-state index in [1.54, 1.807) is 0 Å². The molecule has 0 radical (unpaired) electrons. The first kappa shape index (κ1) is 20.7. The zero-order valence-electron chi connectivity index (χ0n) is 15.5. The summed E-state index contributed by atoms with van der Waals surface area (Å²) in [5.74, 6) is 1.28. The van der Waals surface area contributed by atoms with Crippen LogP contribution >= 0.6 is 12.2 Å². The summed E-state index contributed by atoms with van der Waals surface area (Å²) in [5.41, 5.74) is -0.970. The molecule has 0 unspecified atom stereocenters. The van der Waals surface area contributed by atoms with E-state index in [0.29, 0.717) is 37.4 Å². The highest BCUT2D eigenvalue weighted by Gasteiger charge is 2.35. The first-order valence-corrected chi connectivity index (χ1v) is 9.21. The van der Waals surface area contributed by atoms with Gasteiger partial charge in [-0.15, -0.1) is 0 Å². The summed E-state index contributed by atoms with van der Waals surface area (Å²) in [6.07, 6.45) is -3.49. The van der Waals surface area contributed by atoms with E-state index in [1.807, 2.05) is 18.7 Å². The first-order valence-electron chi connectivity index (χ1n) is 8.80. The highest BCUT2D eigenvalue weighted by Crippen LogP contribution is 2.32. The zero-order valence-corrected chi connectivity index (χ0v) is 16.3. The summed E-state index contributed by atoms with van der Waals surface area (Å²) in [6, 6.07) is 1.01. The maximum Gasteiger partial charge on any atom is 0.433 e. The Morgan fingerprint density at radius 3 is 2.42 bits per heavy atom. The van der Waals surface area contributed by atoms with Crippen molar-refractivity contribution in [3.8, 4) is 0 Å². The summed E-state index contributed by atoms with van der Waals surface area (Å²) in [4.78, 5) is 9.78. The van der Waals surface area contributed by atoms with Gasteiger partial charge in [0, 0.05) is 25.7 Å². The van der Waals surface area contributed by atoms with E-state index < -0.39 is 11.9 Å². The van der Waals surface area contributed by atoms with Crippen molar-refractivity contribution in [3.05, 3.63) is 11.8 Å². The van der Waals surface area contributed by atoms with Crippen LogP contribution < -0.4 is 15.5 Å². The lowest BCUT2D eigenvalue weighted by molar-refractivity contribution is -0.141. The van der Waals surface area contributed by atoms with Crippen LogP contribution in [0, 0.1) is 17.8 Å². The number of rotatable bonds is 4. The number of piperidine rings is 1. The molecule has 0 bridgehead atoms. The van der Waals surface area contributed by atoms with Crippen LogP contribution in [0.4, 0.5) is 24.9 Å². The smallest absolute Gasteiger partial charge is 0.362 e. The normalized spacial score (nSPS) is 21.0. The van der Waals surface area contributed by atoms with Crippen molar-refractivity contribution in [1.82, 2.24) is 15.3 Å². The van der Waals surface area contributed by atoms with Crippen LogP contribution in [0.3, 0.4) is 0 Å². The largest absolute Gasteiger partial charge is 0.433 e. The number of halogens is 3. The lowest BCUT2D eigenvalue weighted by Gasteiger charge is -2.36. The van der Waals surface area contributed by atoms with E-state index in [2.05, 4.69) is 34.4 Å². The third kappa shape index (κ3) is 5.96. The van der Waals surface area contributed by atoms with E-state index in [4.69, 9.17) is 12.2 Å². The maximum atomic E-state index is 13.3. The molecule has 2 N–H and O–H groups in total. The van der Waals surface area contributed by atoms with E-state index >= 15 is 0 Å². The van der Waals surface area contributed by atoms with Crippen molar-refractivity contribution >= 4 is 29.1 Å². The molecule has 1 aromatic rings. The van der Waals surface area contributed by atoms with Crippen LogP contribution in [0.25, 0.3) is 0 Å². The van der Waals surface area contributed by atoms with Crippen molar-refractivity contribution in [2.24, 2.45) is 17.8 Å². The predicted molar refractivity (Wildman–Crippen MR) is 101 cm³/mol. The molecule has 2 atom stereocenters. The van der Waals surface area contributed by atoms with Crippen molar-refractivity contribution in [3.63, 3.8) is 0 Å². The molecular formula is C17H26F3N5S. The molecule has 0 aromatic carbocycles. The van der Waals surface area contributed by atoms with Crippen molar-refractivity contribution in [1.29, 1.82) is 0 Å². The van der Waals surface area contributed by atoms with Crippen LogP contribution in [0.2, 0.25) is 0 Å². The molecule has 2 heterocycles. The van der Waals surface area contributed by atoms with E-state index in [-0.39, 0.29) is 16.9 Å². The Balaban J connectivity index is 2.26. The fourth-order valence-corrected chi connectivity index (χ4v) is 3.26. The molecule has 1 aliphatic rings.